The van der Waals surface area contributed by atoms with Crippen molar-refractivity contribution in [1.82, 2.24) is 15.3 Å². The second kappa shape index (κ2) is 5.59. The number of nitrogens with one attached hydrogen (secondary N) is 1. The van der Waals surface area contributed by atoms with Crippen molar-refractivity contribution in [2.75, 3.05) is 0 Å². The Bertz CT molecular complexity index is 665. The van der Waals surface area contributed by atoms with Crippen LogP contribution in [0.2, 0.25) is 0 Å². The number of aromatic nitrogens is 2. The van der Waals surface area contributed by atoms with Gasteiger partial charge in [-0.1, -0.05) is 36.4 Å². The molecule has 19 heavy (non-hydrogen) atoms. The molecule has 3 rings (SSSR count). The topological polar surface area (TPSA) is 37.8 Å². The molecular formula is C16H15N3. The van der Waals surface area contributed by atoms with Crippen LogP contribution >= 0.6 is 0 Å². The van der Waals surface area contributed by atoms with Gasteiger partial charge in [0.25, 0.3) is 0 Å². The third-order valence-electron chi connectivity index (χ3n) is 3.09. The molecule has 0 spiro atoms. The fourth-order valence-electron chi connectivity index (χ4n) is 2.11. The molecule has 0 radical (unpaired) electrons. The molecule has 1 heterocycles. The number of hydrogen-bond acceptors (Lipinski definition) is 3. The van der Waals surface area contributed by atoms with Crippen LogP contribution in [0.4, 0.5) is 0 Å². The molecule has 0 aliphatic heterocycles. The minimum atomic E-state index is 0.759. The van der Waals surface area contributed by atoms with Crippen LogP contribution in [0, 0.1) is 0 Å². The largest absolute Gasteiger partial charge is 0.307 e. The van der Waals surface area contributed by atoms with E-state index in [0.717, 1.165) is 18.8 Å². The summed E-state index contributed by atoms with van der Waals surface area (Å²) in [5.74, 6) is 0. The van der Waals surface area contributed by atoms with E-state index in [9.17, 15) is 0 Å². The van der Waals surface area contributed by atoms with Crippen LogP contribution in [0.1, 0.15) is 11.3 Å². The van der Waals surface area contributed by atoms with Crippen molar-refractivity contribution in [1.29, 1.82) is 0 Å². The Labute approximate surface area is 112 Å². The van der Waals surface area contributed by atoms with Crippen LogP contribution in [0.5, 0.6) is 0 Å². The molecule has 0 saturated heterocycles. The lowest BCUT2D eigenvalue weighted by molar-refractivity contribution is 0.678. The van der Waals surface area contributed by atoms with Crippen molar-refractivity contribution in [2.45, 2.75) is 13.1 Å². The highest BCUT2D eigenvalue weighted by Gasteiger charge is 1.97. The van der Waals surface area contributed by atoms with Gasteiger partial charge < -0.3 is 5.32 Å². The fraction of sp³-hybridized carbons (Fsp3) is 0.125. The predicted octanol–water partition coefficient (Wildman–Crippen LogP) is 2.92. The first kappa shape index (κ1) is 11.8. The summed E-state index contributed by atoms with van der Waals surface area (Å²) in [5, 5.41) is 5.95. The van der Waals surface area contributed by atoms with Crippen LogP contribution in [0.25, 0.3) is 10.8 Å². The Morgan fingerprint density at radius 1 is 0.895 bits per heavy atom. The first-order valence-corrected chi connectivity index (χ1v) is 6.35. The first-order chi connectivity index (χ1) is 9.42. The summed E-state index contributed by atoms with van der Waals surface area (Å²) >= 11 is 0. The highest BCUT2D eigenvalue weighted by atomic mass is 14.9. The predicted molar refractivity (Wildman–Crippen MR) is 76.5 cm³/mol. The number of nitrogens with zero attached hydrogens (tertiary/aromatic N) is 2. The van der Waals surface area contributed by atoms with Crippen LogP contribution in [-0.4, -0.2) is 9.97 Å². The summed E-state index contributed by atoms with van der Waals surface area (Å²) in [6.07, 6.45) is 3.34. The maximum atomic E-state index is 4.19. The number of benzene rings is 2. The SMILES string of the molecule is c1ccc2cc(CNCc3ccncn3)ccc2c1. The molecule has 94 valence electrons. The summed E-state index contributed by atoms with van der Waals surface area (Å²) in [4.78, 5) is 8.09. The average molecular weight is 249 g/mol. The average Bonchev–Trinajstić information content (AvgIpc) is 2.48. The van der Waals surface area contributed by atoms with Crippen molar-refractivity contribution in [3.8, 4) is 0 Å². The van der Waals surface area contributed by atoms with Crippen molar-refractivity contribution in [2.24, 2.45) is 0 Å². The molecule has 0 aliphatic rings. The van der Waals surface area contributed by atoms with Gasteiger partial charge in [-0.25, -0.2) is 9.97 Å². The maximum absolute atomic E-state index is 4.19. The Morgan fingerprint density at radius 2 is 1.79 bits per heavy atom. The minimum absolute atomic E-state index is 0.759. The molecule has 0 atom stereocenters. The Balaban J connectivity index is 1.65. The van der Waals surface area contributed by atoms with Crippen LogP contribution in [0.3, 0.4) is 0 Å². The smallest absolute Gasteiger partial charge is 0.115 e. The van der Waals surface area contributed by atoms with Gasteiger partial charge in [0.1, 0.15) is 6.33 Å². The molecule has 1 aromatic heterocycles. The molecule has 3 aromatic rings. The zero-order valence-electron chi connectivity index (χ0n) is 10.6. The summed E-state index contributed by atoms with van der Waals surface area (Å²) in [7, 11) is 0. The normalized spacial score (nSPS) is 10.7. The van der Waals surface area contributed by atoms with Gasteiger partial charge in [-0.3, -0.25) is 0 Å². The highest BCUT2D eigenvalue weighted by molar-refractivity contribution is 5.82. The zero-order valence-corrected chi connectivity index (χ0v) is 10.6. The van der Waals surface area contributed by atoms with Gasteiger partial charge in [0.05, 0.1) is 5.69 Å². The molecule has 1 N–H and O–H groups in total. The van der Waals surface area contributed by atoms with Crippen molar-refractivity contribution in [3.63, 3.8) is 0 Å². The van der Waals surface area contributed by atoms with Crippen molar-refractivity contribution in [3.05, 3.63) is 72.3 Å². The molecule has 0 fully saturated rings. The number of fused-ring (bicyclic) bond motifs is 1. The van der Waals surface area contributed by atoms with Gasteiger partial charge in [-0.15, -0.1) is 0 Å². The van der Waals surface area contributed by atoms with Crippen LogP contribution < -0.4 is 5.32 Å². The van der Waals surface area contributed by atoms with E-state index in [1.807, 2.05) is 6.07 Å². The quantitative estimate of drug-likeness (QED) is 0.772. The molecule has 0 amide bonds. The van der Waals surface area contributed by atoms with E-state index in [2.05, 4.69) is 57.7 Å². The van der Waals surface area contributed by atoms with Gasteiger partial charge in [-0.05, 0) is 28.5 Å². The Hall–Kier alpha value is -2.26. The van der Waals surface area contributed by atoms with E-state index >= 15 is 0 Å². The minimum Gasteiger partial charge on any atom is -0.307 e. The number of hydrogen-bond donors (Lipinski definition) is 1. The van der Waals surface area contributed by atoms with E-state index in [0.29, 0.717) is 0 Å². The van der Waals surface area contributed by atoms with Gasteiger partial charge in [0.2, 0.25) is 0 Å². The van der Waals surface area contributed by atoms with Gasteiger partial charge in [-0.2, -0.15) is 0 Å². The molecule has 3 heteroatoms. The molecule has 2 aromatic carbocycles. The van der Waals surface area contributed by atoms with E-state index < -0.39 is 0 Å². The van der Waals surface area contributed by atoms with E-state index in [4.69, 9.17) is 0 Å². The third kappa shape index (κ3) is 2.95. The van der Waals surface area contributed by atoms with E-state index in [1.54, 1.807) is 12.5 Å². The molecule has 0 aliphatic carbocycles. The van der Waals surface area contributed by atoms with Crippen molar-refractivity contribution >= 4 is 10.8 Å². The summed E-state index contributed by atoms with van der Waals surface area (Å²) in [5.41, 5.74) is 2.29. The van der Waals surface area contributed by atoms with E-state index in [-0.39, 0.29) is 0 Å². The Morgan fingerprint density at radius 3 is 2.63 bits per heavy atom. The van der Waals surface area contributed by atoms with E-state index in [1.165, 1.54) is 16.3 Å². The second-order valence-electron chi connectivity index (χ2n) is 4.49. The molecule has 0 bridgehead atoms. The Kier molecular flexibility index (Phi) is 3.47. The molecular weight excluding hydrogens is 234 g/mol. The summed E-state index contributed by atoms with van der Waals surface area (Å²) in [6, 6.07) is 16.9. The molecule has 0 unspecified atom stereocenters. The van der Waals surface area contributed by atoms with Crippen LogP contribution in [0.15, 0.2) is 61.1 Å². The zero-order chi connectivity index (χ0) is 12.9. The second-order valence-corrected chi connectivity index (χ2v) is 4.49. The molecule has 3 nitrogen and oxygen atoms in total. The number of rotatable bonds is 4. The first-order valence-electron chi connectivity index (χ1n) is 6.35. The monoisotopic (exact) mass is 249 g/mol. The van der Waals surface area contributed by atoms with Gasteiger partial charge >= 0.3 is 0 Å². The third-order valence-corrected chi connectivity index (χ3v) is 3.09. The summed E-state index contributed by atoms with van der Waals surface area (Å²) in [6.45, 7) is 1.60. The fourth-order valence-corrected chi connectivity index (χ4v) is 2.11. The lowest BCUT2D eigenvalue weighted by Crippen LogP contribution is -2.13. The van der Waals surface area contributed by atoms with Gasteiger partial charge in [0.15, 0.2) is 0 Å². The standard InChI is InChI=1S/C16H15N3/c1-2-4-15-9-13(5-6-14(15)3-1)10-18-11-16-7-8-17-12-19-16/h1-9,12,18H,10-11H2. The molecule has 0 saturated carbocycles. The lowest BCUT2D eigenvalue weighted by atomic mass is 10.1. The lowest BCUT2D eigenvalue weighted by Gasteiger charge is -2.06. The summed E-state index contributed by atoms with van der Waals surface area (Å²) < 4.78 is 0. The van der Waals surface area contributed by atoms with Crippen LogP contribution in [-0.2, 0) is 13.1 Å². The maximum Gasteiger partial charge on any atom is 0.115 e. The highest BCUT2D eigenvalue weighted by Crippen LogP contribution is 2.15. The van der Waals surface area contributed by atoms with Crippen molar-refractivity contribution < 1.29 is 0 Å². The van der Waals surface area contributed by atoms with Gasteiger partial charge in [0, 0.05) is 19.3 Å².